The van der Waals surface area contributed by atoms with Crippen LogP contribution in [0.25, 0.3) is 0 Å². The fourth-order valence-corrected chi connectivity index (χ4v) is 3.23. The molecule has 0 bridgehead atoms. The Morgan fingerprint density at radius 3 is 2.96 bits per heavy atom. The number of carbonyl (C=O) groups is 1. The molecule has 0 aliphatic carbocycles. The van der Waals surface area contributed by atoms with Crippen molar-refractivity contribution in [2.45, 2.75) is 45.4 Å². The number of rotatable bonds is 5. The molecule has 24 heavy (non-hydrogen) atoms. The summed E-state index contributed by atoms with van der Waals surface area (Å²) < 4.78 is 136. The van der Waals surface area contributed by atoms with Crippen LogP contribution in [-0.4, -0.2) is 37.8 Å². The Morgan fingerprint density at radius 2 is 2.25 bits per heavy atom. The Bertz CT molecular complexity index is 1150. The number of Topliss-reactive ketones (excluding diaryl/α,β-unsaturated/α-hetero) is 1. The molecule has 1 fully saturated rings. The second-order valence-electron chi connectivity index (χ2n) is 5.76. The molecule has 0 radical (unpaired) electrons. The summed E-state index contributed by atoms with van der Waals surface area (Å²) >= 11 is 0. The molecule has 0 spiro atoms. The normalized spacial score (nSPS) is 38.8. The Kier molecular flexibility index (Phi) is 1.88. The third-order valence-electron chi connectivity index (χ3n) is 4.44. The van der Waals surface area contributed by atoms with Crippen LogP contribution in [0.5, 0.6) is 11.5 Å². The zero-order valence-corrected chi connectivity index (χ0v) is 13.2. The first-order chi connectivity index (χ1) is 17.7. The molecule has 3 atom stereocenters. The van der Waals surface area contributed by atoms with E-state index in [1.807, 2.05) is 0 Å². The Morgan fingerprint density at radius 1 is 1.46 bits per heavy atom. The van der Waals surface area contributed by atoms with Crippen LogP contribution < -0.4 is 9.47 Å². The first kappa shape index (κ1) is 6.31. The topological polar surface area (TPSA) is 38.8 Å². The first-order valence-electron chi connectivity index (χ1n) is 15.6. The van der Waals surface area contributed by atoms with Gasteiger partial charge in [-0.25, -0.2) is 0 Å². The quantitative estimate of drug-likeness (QED) is 0.815. The largest absolute Gasteiger partial charge is 0.493 e. The van der Waals surface area contributed by atoms with Gasteiger partial charge in [-0.15, -0.1) is 0 Å². The molecular formula is C20H29NO3. The Labute approximate surface area is 167 Å². The number of hydrogen-bond donors (Lipinski definition) is 0. The van der Waals surface area contributed by atoms with Crippen LogP contribution in [0.2, 0.25) is 0 Å². The standard InChI is InChI=1S/C20H29NO3/c1-5-13(2)8-15-12-21-7-6-14-9-19(23-3)20(24-4)10-16(14)17(21)11-18(15)22/h9-10,13,15,17H,5-8,11-12H2,1-4H3/i2D3,3D3,4D3,5D2,8D2,9D,10D,13D. The minimum Gasteiger partial charge on any atom is -0.493 e. The lowest BCUT2D eigenvalue weighted by Gasteiger charge is -2.43. The average molecular weight is 348 g/mol. The SMILES string of the molecule is [2H]c1c2c(c([2H])c(OC([2H])([2H])[2H])c1OC([2H])([2H])[2H])C1CC(=O)C(C([2H])([2H])C([2H])(C([2H])([2H])[2H])C([2H])([2H])C)CN1CC2. The molecule has 2 aliphatic heterocycles. The van der Waals surface area contributed by atoms with Gasteiger partial charge in [-0.1, -0.05) is 20.1 Å². The Balaban J connectivity index is 2.13. The van der Waals surface area contributed by atoms with Gasteiger partial charge in [0.15, 0.2) is 11.5 Å². The van der Waals surface area contributed by atoms with Crippen molar-refractivity contribution in [3.63, 3.8) is 0 Å². The summed E-state index contributed by atoms with van der Waals surface area (Å²) in [7, 11) is -6.27. The van der Waals surface area contributed by atoms with E-state index in [0.29, 0.717) is 0 Å². The molecule has 1 aromatic rings. The second-order valence-corrected chi connectivity index (χ2v) is 5.76. The highest BCUT2D eigenvalue weighted by Gasteiger charge is 2.38. The monoisotopic (exact) mass is 347 g/mol. The van der Waals surface area contributed by atoms with Crippen molar-refractivity contribution < 1.29 is 36.2 Å². The van der Waals surface area contributed by atoms with E-state index >= 15 is 0 Å². The maximum absolute atomic E-state index is 13.4. The Hall–Kier alpha value is -1.55. The van der Waals surface area contributed by atoms with Crippen LogP contribution in [0.3, 0.4) is 0 Å². The molecule has 3 rings (SSSR count). The lowest BCUT2D eigenvalue weighted by atomic mass is 9.79. The molecule has 0 amide bonds. The molecule has 1 saturated heterocycles. The second kappa shape index (κ2) is 7.14. The van der Waals surface area contributed by atoms with Crippen molar-refractivity contribution in [3.8, 4) is 11.5 Å². The molecule has 4 nitrogen and oxygen atoms in total. The van der Waals surface area contributed by atoms with Crippen LogP contribution in [-0.2, 0) is 11.2 Å². The predicted octanol–water partition coefficient (Wildman–Crippen LogP) is 3.63. The van der Waals surface area contributed by atoms with Gasteiger partial charge >= 0.3 is 0 Å². The number of ketones is 1. The van der Waals surface area contributed by atoms with Crippen LogP contribution in [0.15, 0.2) is 12.1 Å². The zero-order chi connectivity index (χ0) is 31.0. The smallest absolute Gasteiger partial charge is 0.161 e. The predicted molar refractivity (Wildman–Crippen MR) is 94.8 cm³/mol. The van der Waals surface area contributed by atoms with Crippen LogP contribution in [0.1, 0.15) is 72.0 Å². The molecule has 1 aromatic carbocycles. The molecule has 0 N–H and O–H groups in total. The zero-order valence-electron chi connectivity index (χ0n) is 29.2. The third kappa shape index (κ3) is 3.16. The molecule has 4 heteroatoms. The van der Waals surface area contributed by atoms with Gasteiger partial charge < -0.3 is 9.47 Å². The lowest BCUT2D eigenvalue weighted by molar-refractivity contribution is -0.129. The maximum Gasteiger partial charge on any atom is 0.161 e. The van der Waals surface area contributed by atoms with Crippen molar-refractivity contribution in [2.24, 2.45) is 11.8 Å². The number of piperidine rings is 1. The van der Waals surface area contributed by atoms with Crippen molar-refractivity contribution in [3.05, 3.63) is 23.2 Å². The van der Waals surface area contributed by atoms with Gasteiger partial charge in [-0.05, 0) is 41.9 Å². The van der Waals surface area contributed by atoms with Gasteiger partial charge in [-0.3, -0.25) is 9.69 Å². The summed E-state index contributed by atoms with van der Waals surface area (Å²) in [6, 6.07) is -2.18. The summed E-state index contributed by atoms with van der Waals surface area (Å²) in [6.45, 7) is -3.08. The van der Waals surface area contributed by atoms with Gasteiger partial charge in [0.05, 0.1) is 25.0 Å². The van der Waals surface area contributed by atoms with Crippen LogP contribution >= 0.6 is 0 Å². The fourth-order valence-electron chi connectivity index (χ4n) is 3.23. The number of ether oxygens (including phenoxy) is 2. The third-order valence-corrected chi connectivity index (χ3v) is 4.44. The minimum absolute atomic E-state index is 0.0143. The molecule has 132 valence electrons. The first-order valence-corrected chi connectivity index (χ1v) is 7.55. The number of fused-ring (bicyclic) bond motifs is 3. The van der Waals surface area contributed by atoms with E-state index in [2.05, 4.69) is 0 Å². The summed E-state index contributed by atoms with van der Waals surface area (Å²) in [5.41, 5.74) is 0.0967. The van der Waals surface area contributed by atoms with E-state index in [1.54, 1.807) is 0 Å². The van der Waals surface area contributed by atoms with E-state index in [9.17, 15) is 4.79 Å². The minimum atomic E-state index is -3.45. The lowest BCUT2D eigenvalue weighted by Crippen LogP contribution is -2.46. The van der Waals surface area contributed by atoms with Gasteiger partial charge in [0.25, 0.3) is 0 Å². The van der Waals surface area contributed by atoms with Crippen molar-refractivity contribution in [1.82, 2.24) is 4.90 Å². The van der Waals surface area contributed by atoms with Gasteiger partial charge in [0, 0.05) is 42.4 Å². The van der Waals surface area contributed by atoms with Gasteiger partial charge in [0.2, 0.25) is 0 Å². The van der Waals surface area contributed by atoms with E-state index in [1.165, 1.54) is 4.90 Å². The van der Waals surface area contributed by atoms with E-state index < -0.39 is 93.9 Å². The number of methoxy groups -OCH3 is 2. The fraction of sp³-hybridized carbons (Fsp3) is 0.650. The number of hydrogen-bond acceptors (Lipinski definition) is 4. The average Bonchev–Trinajstić information content (AvgIpc) is 2.74. The summed E-state index contributed by atoms with van der Waals surface area (Å²) in [5.74, 6) is -7.52. The summed E-state index contributed by atoms with van der Waals surface area (Å²) in [6.07, 6.45) is -6.61. The van der Waals surface area contributed by atoms with Crippen molar-refractivity contribution in [1.29, 1.82) is 0 Å². The summed E-state index contributed by atoms with van der Waals surface area (Å²) in [5, 5.41) is 0. The number of nitrogens with zero attached hydrogens (tertiary/aromatic N) is 1. The number of carbonyl (C=O) groups excluding carboxylic acids is 1. The van der Waals surface area contributed by atoms with Crippen molar-refractivity contribution >= 4 is 5.78 Å². The highest BCUT2D eigenvalue weighted by molar-refractivity contribution is 5.83. The van der Waals surface area contributed by atoms with E-state index in [4.69, 9.17) is 31.4 Å². The van der Waals surface area contributed by atoms with Gasteiger partial charge in [-0.2, -0.15) is 0 Å². The van der Waals surface area contributed by atoms with Crippen molar-refractivity contribution in [2.75, 3.05) is 27.2 Å². The molecular weight excluding hydrogens is 302 g/mol. The highest BCUT2D eigenvalue weighted by atomic mass is 16.5. The molecule has 0 aromatic heterocycles. The summed E-state index contributed by atoms with van der Waals surface area (Å²) in [4.78, 5) is 14.9. The molecule has 2 heterocycles. The number of benzene rings is 1. The molecule has 0 saturated carbocycles. The molecule has 2 aliphatic rings. The van der Waals surface area contributed by atoms with Crippen LogP contribution in [0, 0.1) is 11.8 Å². The molecule has 3 unspecified atom stereocenters. The van der Waals surface area contributed by atoms with E-state index in [-0.39, 0.29) is 24.1 Å². The van der Waals surface area contributed by atoms with Crippen LogP contribution in [0.4, 0.5) is 0 Å². The maximum atomic E-state index is 13.4. The van der Waals surface area contributed by atoms with E-state index in [0.717, 1.165) is 6.92 Å². The van der Waals surface area contributed by atoms with Gasteiger partial charge in [0.1, 0.15) is 5.78 Å². The highest BCUT2D eigenvalue weighted by Crippen LogP contribution is 2.42.